The predicted molar refractivity (Wildman–Crippen MR) is 116 cm³/mol. The smallest absolute Gasteiger partial charge is 0.230 e. The molecular weight excluding hydrogens is 366 g/mol. The minimum Gasteiger partial charge on any atom is -0.326 e. The number of hydrogen-bond donors (Lipinski definition) is 1. The summed E-state index contributed by atoms with van der Waals surface area (Å²) in [6.45, 7) is 8.25. The zero-order valence-corrected chi connectivity index (χ0v) is 17.4. The molecule has 0 fully saturated rings. The molecule has 1 N–H and O–H groups in total. The first-order chi connectivity index (χ1) is 13.4. The van der Waals surface area contributed by atoms with E-state index in [1.54, 1.807) is 11.3 Å². The average Bonchev–Trinajstić information content (AvgIpc) is 3.22. The Bertz CT molecular complexity index is 1190. The molecule has 0 aliphatic heterocycles. The number of thiazole rings is 1. The van der Waals surface area contributed by atoms with Gasteiger partial charge in [-0.05, 0) is 62.1 Å². The molecule has 0 spiro atoms. The van der Waals surface area contributed by atoms with E-state index in [2.05, 4.69) is 37.4 Å². The van der Waals surface area contributed by atoms with Crippen molar-refractivity contribution < 1.29 is 4.79 Å². The van der Waals surface area contributed by atoms with Crippen molar-refractivity contribution >= 4 is 27.9 Å². The van der Waals surface area contributed by atoms with Crippen molar-refractivity contribution in [2.75, 3.05) is 5.32 Å². The largest absolute Gasteiger partial charge is 0.326 e. The number of amides is 1. The number of hydrogen-bond acceptors (Lipinski definition) is 3. The fourth-order valence-electron chi connectivity index (χ4n) is 3.23. The lowest BCUT2D eigenvalue weighted by molar-refractivity contribution is -0.115. The summed E-state index contributed by atoms with van der Waals surface area (Å²) < 4.78 is 2.03. The van der Waals surface area contributed by atoms with Crippen molar-refractivity contribution in [3.05, 3.63) is 75.9 Å². The topological polar surface area (TPSA) is 46.4 Å². The zero-order valence-electron chi connectivity index (χ0n) is 16.5. The van der Waals surface area contributed by atoms with E-state index in [9.17, 15) is 4.79 Å². The number of carbonyl (C=O) groups is 1. The van der Waals surface area contributed by atoms with Crippen LogP contribution in [0.25, 0.3) is 16.2 Å². The first kappa shape index (κ1) is 18.4. The maximum absolute atomic E-state index is 12.6. The number of benzene rings is 2. The minimum absolute atomic E-state index is 0.0187. The minimum atomic E-state index is -0.0187. The van der Waals surface area contributed by atoms with Crippen molar-refractivity contribution in [2.45, 2.75) is 34.1 Å². The number of rotatable bonds is 4. The van der Waals surface area contributed by atoms with Gasteiger partial charge in [0.15, 0.2) is 4.96 Å². The Balaban J connectivity index is 1.57. The lowest BCUT2D eigenvalue weighted by Crippen LogP contribution is -2.16. The van der Waals surface area contributed by atoms with E-state index in [1.807, 2.05) is 48.0 Å². The van der Waals surface area contributed by atoms with Crippen LogP contribution >= 0.6 is 11.3 Å². The highest BCUT2D eigenvalue weighted by molar-refractivity contribution is 7.15. The summed E-state index contributed by atoms with van der Waals surface area (Å²) in [6.07, 6.45) is 2.34. The Morgan fingerprint density at radius 2 is 1.82 bits per heavy atom. The highest BCUT2D eigenvalue weighted by Crippen LogP contribution is 2.26. The van der Waals surface area contributed by atoms with Crippen LogP contribution in [-0.4, -0.2) is 15.3 Å². The van der Waals surface area contributed by atoms with Gasteiger partial charge in [-0.25, -0.2) is 4.98 Å². The second-order valence-electron chi connectivity index (χ2n) is 7.35. The maximum Gasteiger partial charge on any atom is 0.230 e. The molecule has 5 heteroatoms. The number of aromatic nitrogens is 2. The van der Waals surface area contributed by atoms with Gasteiger partial charge in [0.2, 0.25) is 5.91 Å². The summed E-state index contributed by atoms with van der Waals surface area (Å²) >= 11 is 1.56. The molecule has 0 atom stereocenters. The summed E-state index contributed by atoms with van der Waals surface area (Å²) in [5, 5.41) is 5.05. The number of anilines is 1. The van der Waals surface area contributed by atoms with Gasteiger partial charge in [-0.1, -0.05) is 24.3 Å². The molecule has 0 unspecified atom stereocenters. The molecule has 2 aromatic heterocycles. The third-order valence-electron chi connectivity index (χ3n) is 5.09. The summed E-state index contributed by atoms with van der Waals surface area (Å²) in [5.74, 6) is -0.0187. The van der Waals surface area contributed by atoms with E-state index < -0.39 is 0 Å². The molecule has 1 amide bonds. The van der Waals surface area contributed by atoms with Gasteiger partial charge in [0, 0.05) is 28.5 Å². The van der Waals surface area contributed by atoms with E-state index in [0.717, 1.165) is 38.7 Å². The van der Waals surface area contributed by atoms with Crippen LogP contribution in [0.3, 0.4) is 0 Å². The third kappa shape index (κ3) is 3.58. The molecule has 0 bridgehead atoms. The second kappa shape index (κ2) is 7.24. The molecule has 0 radical (unpaired) electrons. The van der Waals surface area contributed by atoms with Crippen LogP contribution < -0.4 is 5.32 Å². The van der Waals surface area contributed by atoms with Gasteiger partial charge >= 0.3 is 0 Å². The van der Waals surface area contributed by atoms with E-state index in [4.69, 9.17) is 4.98 Å². The van der Waals surface area contributed by atoms with E-state index in [1.165, 1.54) is 11.1 Å². The van der Waals surface area contributed by atoms with Crippen molar-refractivity contribution in [1.29, 1.82) is 0 Å². The third-order valence-corrected chi connectivity index (χ3v) is 5.98. The molecule has 4 rings (SSSR count). The molecule has 2 aromatic carbocycles. The van der Waals surface area contributed by atoms with Crippen LogP contribution in [0.15, 0.2) is 48.0 Å². The summed E-state index contributed by atoms with van der Waals surface area (Å²) in [5.41, 5.74) is 8.58. The number of nitrogens with zero attached hydrogens (tertiary/aromatic N) is 2. The van der Waals surface area contributed by atoms with Crippen LogP contribution in [0.5, 0.6) is 0 Å². The normalized spacial score (nSPS) is 11.1. The molecular formula is C23H23N3OS. The van der Waals surface area contributed by atoms with Crippen molar-refractivity contribution in [3.8, 4) is 11.3 Å². The Labute approximate surface area is 168 Å². The van der Waals surface area contributed by atoms with Crippen LogP contribution in [0.1, 0.15) is 27.9 Å². The second-order valence-corrected chi connectivity index (χ2v) is 8.18. The van der Waals surface area contributed by atoms with Gasteiger partial charge in [-0.2, -0.15) is 0 Å². The summed E-state index contributed by atoms with van der Waals surface area (Å²) in [4.78, 5) is 18.3. The van der Waals surface area contributed by atoms with Gasteiger partial charge in [0.1, 0.15) is 0 Å². The number of nitrogens with one attached hydrogen (secondary N) is 1. The van der Waals surface area contributed by atoms with Gasteiger partial charge in [0.25, 0.3) is 0 Å². The monoisotopic (exact) mass is 389 g/mol. The number of imidazole rings is 1. The molecule has 0 saturated heterocycles. The quantitative estimate of drug-likeness (QED) is 0.502. The van der Waals surface area contributed by atoms with Crippen molar-refractivity contribution in [3.63, 3.8) is 0 Å². The first-order valence-corrected chi connectivity index (χ1v) is 10.2. The molecule has 0 aliphatic carbocycles. The molecule has 142 valence electrons. The molecule has 0 saturated carbocycles. The molecule has 28 heavy (non-hydrogen) atoms. The van der Waals surface area contributed by atoms with Crippen LogP contribution in [0.4, 0.5) is 5.69 Å². The Morgan fingerprint density at radius 3 is 2.61 bits per heavy atom. The highest BCUT2D eigenvalue weighted by atomic mass is 32.1. The van der Waals surface area contributed by atoms with Crippen LogP contribution in [-0.2, 0) is 11.2 Å². The summed E-state index contributed by atoms with van der Waals surface area (Å²) in [7, 11) is 0. The molecule has 2 heterocycles. The number of carbonyl (C=O) groups excluding carboxylic acids is 1. The summed E-state index contributed by atoms with van der Waals surface area (Å²) in [6, 6.07) is 12.5. The fourth-order valence-corrected chi connectivity index (χ4v) is 4.10. The van der Waals surface area contributed by atoms with Gasteiger partial charge in [-0.15, -0.1) is 11.3 Å². The van der Waals surface area contributed by atoms with Gasteiger partial charge in [0.05, 0.1) is 12.1 Å². The first-order valence-electron chi connectivity index (χ1n) is 9.31. The molecule has 0 aliphatic rings. The maximum atomic E-state index is 12.6. The average molecular weight is 390 g/mol. The van der Waals surface area contributed by atoms with Gasteiger partial charge < -0.3 is 5.32 Å². The van der Waals surface area contributed by atoms with E-state index in [0.29, 0.717) is 6.42 Å². The Morgan fingerprint density at radius 1 is 1.04 bits per heavy atom. The zero-order chi connectivity index (χ0) is 19.8. The number of aryl methyl sites for hydroxylation is 4. The SMILES string of the molecule is Cc1ccc(C)c(NC(=O)Cc2csc3nc(-c4ccc(C)c(C)c4)cn23)c1. The Kier molecular flexibility index (Phi) is 4.77. The molecule has 4 nitrogen and oxygen atoms in total. The Hall–Kier alpha value is -2.92. The van der Waals surface area contributed by atoms with Crippen molar-refractivity contribution in [1.82, 2.24) is 9.38 Å². The predicted octanol–water partition coefficient (Wildman–Crippen LogP) is 5.48. The lowest BCUT2D eigenvalue weighted by Gasteiger charge is -2.09. The highest BCUT2D eigenvalue weighted by Gasteiger charge is 2.14. The van der Waals surface area contributed by atoms with Crippen LogP contribution in [0, 0.1) is 27.7 Å². The van der Waals surface area contributed by atoms with Gasteiger partial charge in [-0.3, -0.25) is 9.20 Å². The van der Waals surface area contributed by atoms with E-state index in [-0.39, 0.29) is 5.91 Å². The fraction of sp³-hybridized carbons (Fsp3) is 0.217. The van der Waals surface area contributed by atoms with E-state index >= 15 is 0 Å². The van der Waals surface area contributed by atoms with Crippen LogP contribution in [0.2, 0.25) is 0 Å². The lowest BCUT2D eigenvalue weighted by atomic mass is 10.0. The standard InChI is InChI=1S/C23H23N3OS/c1-14-5-6-16(3)20(9-14)24-22(27)11-19-13-28-23-25-21(12-26(19)23)18-8-7-15(2)17(4)10-18/h5-10,12-13H,11H2,1-4H3,(H,24,27). The molecule has 4 aromatic rings. The van der Waals surface area contributed by atoms with Crippen molar-refractivity contribution in [2.24, 2.45) is 0 Å². The number of fused-ring (bicyclic) bond motifs is 1.